The van der Waals surface area contributed by atoms with Gasteiger partial charge >= 0.3 is 0 Å². The fraction of sp³-hybridized carbons (Fsp3) is 0.550. The van der Waals surface area contributed by atoms with Crippen LogP contribution >= 0.6 is 0 Å². The first-order valence-electron chi connectivity index (χ1n) is 9.77. The largest absolute Gasteiger partial charge is 0.375 e. The molecule has 9 heteroatoms. The number of hydrogen-bond donors (Lipinski definition) is 1. The van der Waals surface area contributed by atoms with Gasteiger partial charge in [0.1, 0.15) is 12.2 Å². The van der Waals surface area contributed by atoms with Gasteiger partial charge in [-0.25, -0.2) is 4.99 Å². The zero-order valence-electron chi connectivity index (χ0n) is 16.6. The third kappa shape index (κ3) is 4.54. The minimum Gasteiger partial charge on any atom is -0.375 e. The molecule has 0 spiro atoms. The number of methoxy groups -OCH3 is 1. The fourth-order valence-corrected chi connectivity index (χ4v) is 3.82. The second-order valence-electron chi connectivity index (χ2n) is 7.45. The number of hydrogen-bond acceptors (Lipinski definition) is 6. The van der Waals surface area contributed by atoms with E-state index in [0.29, 0.717) is 25.9 Å². The van der Waals surface area contributed by atoms with E-state index in [2.05, 4.69) is 16.2 Å². The average Bonchev–Trinajstić information content (AvgIpc) is 3.14. The molecular weight excluding hydrogens is 372 g/mol. The van der Waals surface area contributed by atoms with Crippen LogP contribution < -0.4 is 5.73 Å². The molecule has 0 radical (unpaired) electrons. The molecule has 0 atom stereocenters. The van der Waals surface area contributed by atoms with Crippen LogP contribution in [0.5, 0.6) is 0 Å². The van der Waals surface area contributed by atoms with Gasteiger partial charge in [-0.2, -0.15) is 10.4 Å². The summed E-state index contributed by atoms with van der Waals surface area (Å²) in [5.74, 6) is -0.392. The molecule has 1 aliphatic heterocycles. The van der Waals surface area contributed by atoms with E-state index >= 15 is 0 Å². The number of aliphatic imine (C=N–C) groups is 1. The van der Waals surface area contributed by atoms with Crippen molar-refractivity contribution >= 4 is 23.3 Å². The standard InChI is InChI=1S/C20H26N6O3/c1-29-14-17(27)25-11-8-20(7-10-21,9-12-25)26-13-16(18(22)28)19(24-26)23-15-5-3-2-4-6-15/h3,5,13H,2,4,6-9,11-12,14H2,1H3,(H2,22,28). The maximum absolute atomic E-state index is 12.1. The molecule has 1 aromatic rings. The van der Waals surface area contributed by atoms with E-state index in [0.717, 1.165) is 25.0 Å². The van der Waals surface area contributed by atoms with Gasteiger partial charge in [-0.05, 0) is 38.2 Å². The highest BCUT2D eigenvalue weighted by molar-refractivity contribution is 6.01. The summed E-state index contributed by atoms with van der Waals surface area (Å²) >= 11 is 0. The predicted octanol–water partition coefficient (Wildman–Crippen LogP) is 1.67. The van der Waals surface area contributed by atoms with Gasteiger partial charge in [0.05, 0.1) is 18.0 Å². The predicted molar refractivity (Wildman–Crippen MR) is 107 cm³/mol. The number of ether oxygens (including phenoxy) is 1. The van der Waals surface area contributed by atoms with E-state index in [-0.39, 0.29) is 30.3 Å². The van der Waals surface area contributed by atoms with Gasteiger partial charge < -0.3 is 15.4 Å². The Bertz CT molecular complexity index is 871. The highest BCUT2D eigenvalue weighted by atomic mass is 16.5. The number of primary amides is 1. The van der Waals surface area contributed by atoms with Crippen LogP contribution in [0.2, 0.25) is 0 Å². The maximum atomic E-state index is 12.1. The topological polar surface area (TPSA) is 127 Å². The Labute approximate surface area is 169 Å². The van der Waals surface area contributed by atoms with Crippen molar-refractivity contribution < 1.29 is 14.3 Å². The van der Waals surface area contributed by atoms with Crippen LogP contribution in [-0.4, -0.2) is 59.0 Å². The number of carbonyl (C=O) groups is 2. The zero-order valence-corrected chi connectivity index (χ0v) is 16.6. The number of amides is 2. The number of nitrogens with two attached hydrogens (primary N) is 1. The van der Waals surface area contributed by atoms with Crippen LogP contribution in [-0.2, 0) is 15.1 Å². The number of nitrogens with zero attached hydrogens (tertiary/aromatic N) is 5. The van der Waals surface area contributed by atoms with Crippen molar-refractivity contribution in [1.29, 1.82) is 5.26 Å². The number of carbonyl (C=O) groups excluding carboxylic acids is 2. The molecule has 2 heterocycles. The molecule has 0 unspecified atom stereocenters. The first kappa shape index (κ1) is 20.7. The number of piperidine rings is 1. The molecule has 29 heavy (non-hydrogen) atoms. The smallest absolute Gasteiger partial charge is 0.254 e. The van der Waals surface area contributed by atoms with Crippen molar-refractivity contribution in [3.8, 4) is 6.07 Å². The monoisotopic (exact) mass is 398 g/mol. The molecule has 3 rings (SSSR count). The minimum atomic E-state index is -0.607. The third-order valence-electron chi connectivity index (χ3n) is 5.53. The number of allylic oxidation sites excluding steroid dienone is 2. The van der Waals surface area contributed by atoms with Crippen LogP contribution in [0, 0.1) is 11.3 Å². The Balaban J connectivity index is 1.90. The van der Waals surface area contributed by atoms with Crippen molar-refractivity contribution in [3.05, 3.63) is 23.9 Å². The number of rotatable bonds is 6. The van der Waals surface area contributed by atoms with Crippen LogP contribution in [0.3, 0.4) is 0 Å². The second-order valence-corrected chi connectivity index (χ2v) is 7.45. The third-order valence-corrected chi connectivity index (χ3v) is 5.53. The van der Waals surface area contributed by atoms with E-state index in [1.54, 1.807) is 15.8 Å². The lowest BCUT2D eigenvalue weighted by Gasteiger charge is -2.40. The summed E-state index contributed by atoms with van der Waals surface area (Å²) in [7, 11) is 1.49. The van der Waals surface area contributed by atoms with Gasteiger partial charge in [-0.15, -0.1) is 0 Å². The molecule has 0 aromatic carbocycles. The second kappa shape index (κ2) is 9.01. The summed E-state index contributed by atoms with van der Waals surface area (Å²) in [6, 6.07) is 2.23. The van der Waals surface area contributed by atoms with Crippen molar-refractivity contribution in [2.45, 2.75) is 44.1 Å². The van der Waals surface area contributed by atoms with Crippen LogP contribution in [0.25, 0.3) is 0 Å². The first-order chi connectivity index (χ1) is 14.0. The summed E-state index contributed by atoms with van der Waals surface area (Å²) in [4.78, 5) is 30.4. The summed E-state index contributed by atoms with van der Waals surface area (Å²) in [5, 5.41) is 14.0. The summed E-state index contributed by atoms with van der Waals surface area (Å²) < 4.78 is 6.59. The van der Waals surface area contributed by atoms with Crippen molar-refractivity contribution in [1.82, 2.24) is 14.7 Å². The van der Waals surface area contributed by atoms with Gasteiger partial charge in [0.25, 0.3) is 5.91 Å². The molecule has 1 aromatic heterocycles. The molecule has 2 aliphatic rings. The molecule has 2 amide bonds. The highest BCUT2D eigenvalue weighted by Crippen LogP contribution is 2.35. The minimum absolute atomic E-state index is 0.0357. The van der Waals surface area contributed by atoms with E-state index in [1.165, 1.54) is 7.11 Å². The van der Waals surface area contributed by atoms with Gasteiger partial charge in [-0.1, -0.05) is 6.08 Å². The van der Waals surface area contributed by atoms with E-state index < -0.39 is 11.4 Å². The summed E-state index contributed by atoms with van der Waals surface area (Å²) in [6.45, 7) is 1.01. The van der Waals surface area contributed by atoms with Gasteiger partial charge in [0.2, 0.25) is 5.91 Å². The Hall–Kier alpha value is -2.99. The Kier molecular flexibility index (Phi) is 6.44. The quantitative estimate of drug-likeness (QED) is 0.780. The molecule has 0 bridgehead atoms. The van der Waals surface area contributed by atoms with Crippen molar-refractivity contribution in [2.75, 3.05) is 26.8 Å². The SMILES string of the molecule is COCC(=O)N1CCC(CC#N)(n2cc(C(N)=O)c(N=C3C=CCCC3)n2)CC1. The Morgan fingerprint density at radius 3 is 2.76 bits per heavy atom. The summed E-state index contributed by atoms with van der Waals surface area (Å²) in [6.07, 6.45) is 9.74. The fourth-order valence-electron chi connectivity index (χ4n) is 3.82. The average molecular weight is 398 g/mol. The molecule has 2 N–H and O–H groups in total. The van der Waals surface area contributed by atoms with E-state index in [4.69, 9.17) is 10.5 Å². The van der Waals surface area contributed by atoms with Crippen LogP contribution in [0.4, 0.5) is 5.82 Å². The van der Waals surface area contributed by atoms with Crippen LogP contribution in [0.1, 0.15) is 48.9 Å². The molecule has 9 nitrogen and oxygen atoms in total. The molecular formula is C20H26N6O3. The Morgan fingerprint density at radius 2 is 2.17 bits per heavy atom. The molecule has 1 aliphatic carbocycles. The zero-order chi connectivity index (χ0) is 20.9. The lowest BCUT2D eigenvalue weighted by Crippen LogP contribution is -2.49. The number of nitriles is 1. The molecule has 1 saturated heterocycles. The highest BCUT2D eigenvalue weighted by Gasteiger charge is 2.39. The van der Waals surface area contributed by atoms with Crippen LogP contribution in [0.15, 0.2) is 23.3 Å². The van der Waals surface area contributed by atoms with Crippen molar-refractivity contribution in [2.24, 2.45) is 10.7 Å². The normalized spacial score (nSPS) is 19.9. The van der Waals surface area contributed by atoms with Gasteiger partial charge in [0, 0.05) is 32.1 Å². The molecule has 1 fully saturated rings. The van der Waals surface area contributed by atoms with Crippen molar-refractivity contribution in [3.63, 3.8) is 0 Å². The lowest BCUT2D eigenvalue weighted by molar-refractivity contribution is -0.137. The van der Waals surface area contributed by atoms with Gasteiger partial charge in [-0.3, -0.25) is 14.3 Å². The molecule has 0 saturated carbocycles. The Morgan fingerprint density at radius 1 is 1.41 bits per heavy atom. The summed E-state index contributed by atoms with van der Waals surface area (Å²) in [5.41, 5.74) is 6.06. The van der Waals surface area contributed by atoms with E-state index in [9.17, 15) is 14.9 Å². The lowest BCUT2D eigenvalue weighted by atomic mass is 9.85. The maximum Gasteiger partial charge on any atom is 0.254 e. The number of aromatic nitrogens is 2. The first-order valence-corrected chi connectivity index (χ1v) is 9.77. The number of likely N-dealkylation sites (tertiary alicyclic amines) is 1. The molecule has 154 valence electrons. The van der Waals surface area contributed by atoms with Gasteiger partial charge in [0.15, 0.2) is 5.82 Å². The van der Waals surface area contributed by atoms with E-state index in [1.807, 2.05) is 12.2 Å².